The van der Waals surface area contributed by atoms with Crippen molar-refractivity contribution in [2.75, 3.05) is 5.73 Å². The van der Waals surface area contributed by atoms with Crippen LogP contribution in [0, 0.1) is 10.1 Å². The van der Waals surface area contributed by atoms with Crippen molar-refractivity contribution in [3.63, 3.8) is 0 Å². The Morgan fingerprint density at radius 3 is 2.65 bits per heavy atom. The number of carboxylic acid groups (broad SMARTS) is 1. The maximum absolute atomic E-state index is 10.8. The maximum Gasteiger partial charge on any atom is 0.323 e. The van der Waals surface area contributed by atoms with E-state index < -0.39 is 16.4 Å². The molecular weight excluding hydrogens is 226 g/mol. The highest BCUT2D eigenvalue weighted by atomic mass is 16.6. The molecule has 7 nitrogen and oxygen atoms in total. The maximum atomic E-state index is 10.8. The fourth-order valence-electron chi connectivity index (χ4n) is 1.36. The van der Waals surface area contributed by atoms with E-state index in [1.807, 2.05) is 0 Å². The van der Waals surface area contributed by atoms with Crippen LogP contribution >= 0.6 is 0 Å². The van der Waals surface area contributed by atoms with Crippen LogP contribution in [0.1, 0.15) is 12.5 Å². The summed E-state index contributed by atoms with van der Waals surface area (Å²) in [7, 11) is 0. The number of hydrogen-bond donors (Lipinski definition) is 3. The van der Waals surface area contributed by atoms with Gasteiger partial charge >= 0.3 is 5.97 Å². The molecule has 0 aliphatic heterocycles. The van der Waals surface area contributed by atoms with Crippen molar-refractivity contribution in [2.24, 2.45) is 5.73 Å². The highest BCUT2D eigenvalue weighted by Gasteiger charge is 2.28. The van der Waals surface area contributed by atoms with E-state index in [-0.39, 0.29) is 17.8 Å². The van der Waals surface area contributed by atoms with E-state index in [4.69, 9.17) is 16.6 Å². The minimum atomic E-state index is -1.47. The minimum Gasteiger partial charge on any atom is -0.480 e. The molecule has 0 saturated heterocycles. The van der Waals surface area contributed by atoms with Gasteiger partial charge in [-0.15, -0.1) is 0 Å². The number of carboxylic acids is 1. The molecule has 1 aromatic rings. The van der Waals surface area contributed by atoms with Crippen LogP contribution in [0.15, 0.2) is 18.2 Å². The van der Waals surface area contributed by atoms with Crippen molar-refractivity contribution >= 4 is 17.3 Å². The second-order valence-electron chi connectivity index (χ2n) is 4.05. The number of carbonyl (C=O) groups is 1. The predicted molar refractivity (Wildman–Crippen MR) is 61.4 cm³/mol. The fraction of sp³-hybridized carbons (Fsp3) is 0.300. The van der Waals surface area contributed by atoms with Gasteiger partial charge < -0.3 is 16.6 Å². The SMILES string of the molecule is C[C@](N)(Cc1ccc(N)c([N+](=O)[O-])c1)C(=O)O. The molecule has 17 heavy (non-hydrogen) atoms. The van der Waals surface area contributed by atoms with Gasteiger partial charge in [0.2, 0.25) is 0 Å². The van der Waals surface area contributed by atoms with Gasteiger partial charge in [-0.2, -0.15) is 0 Å². The molecule has 1 rings (SSSR count). The Balaban J connectivity index is 3.05. The summed E-state index contributed by atoms with van der Waals surface area (Å²) in [4.78, 5) is 20.9. The number of benzene rings is 1. The van der Waals surface area contributed by atoms with Crippen molar-refractivity contribution in [2.45, 2.75) is 18.9 Å². The molecule has 0 radical (unpaired) electrons. The number of nitrogen functional groups attached to an aromatic ring is 1. The number of nitro benzene ring substituents is 1. The average Bonchev–Trinajstić information content (AvgIpc) is 2.20. The summed E-state index contributed by atoms with van der Waals surface area (Å²) in [6.07, 6.45) is -0.0105. The standard InChI is InChI=1S/C10H13N3O4/c1-10(12,9(14)15)5-6-2-3-7(11)8(4-6)13(16)17/h2-4H,5,11-12H2,1H3,(H,14,15)/t10-/m0/s1. The van der Waals surface area contributed by atoms with Crippen molar-refractivity contribution in [1.82, 2.24) is 0 Å². The number of nitrogens with two attached hydrogens (primary N) is 2. The monoisotopic (exact) mass is 239 g/mol. The number of rotatable bonds is 4. The Morgan fingerprint density at radius 1 is 1.59 bits per heavy atom. The highest BCUT2D eigenvalue weighted by Crippen LogP contribution is 2.24. The van der Waals surface area contributed by atoms with Gasteiger partial charge in [-0.1, -0.05) is 6.07 Å². The van der Waals surface area contributed by atoms with E-state index in [9.17, 15) is 14.9 Å². The highest BCUT2D eigenvalue weighted by molar-refractivity contribution is 5.78. The van der Waals surface area contributed by atoms with Crippen molar-refractivity contribution in [3.05, 3.63) is 33.9 Å². The molecule has 0 unspecified atom stereocenters. The molecule has 0 fully saturated rings. The Morgan fingerprint density at radius 2 is 2.18 bits per heavy atom. The van der Waals surface area contributed by atoms with E-state index in [2.05, 4.69) is 0 Å². The van der Waals surface area contributed by atoms with Crippen LogP contribution < -0.4 is 11.5 Å². The summed E-state index contributed by atoms with van der Waals surface area (Å²) >= 11 is 0. The number of aliphatic carboxylic acids is 1. The summed E-state index contributed by atoms with van der Waals surface area (Å²) in [6.45, 7) is 1.34. The lowest BCUT2D eigenvalue weighted by Gasteiger charge is -2.18. The minimum absolute atomic E-state index is 0.0105. The number of nitro groups is 1. The molecule has 0 heterocycles. The lowest BCUT2D eigenvalue weighted by molar-refractivity contribution is -0.384. The van der Waals surface area contributed by atoms with Gasteiger partial charge in [-0.3, -0.25) is 14.9 Å². The quantitative estimate of drug-likeness (QED) is 0.398. The van der Waals surface area contributed by atoms with E-state index in [0.29, 0.717) is 5.56 Å². The Kier molecular flexibility index (Phi) is 3.33. The predicted octanol–water partition coefficient (Wildman–Crippen LogP) is 0.522. The normalized spacial score (nSPS) is 14.0. The molecule has 1 atom stereocenters. The van der Waals surface area contributed by atoms with Crippen LogP contribution in [0.25, 0.3) is 0 Å². The van der Waals surface area contributed by atoms with Gasteiger partial charge in [0.1, 0.15) is 11.2 Å². The first kappa shape index (κ1) is 12.9. The van der Waals surface area contributed by atoms with Gasteiger partial charge in [0.05, 0.1) is 4.92 Å². The van der Waals surface area contributed by atoms with Crippen LogP contribution in [-0.2, 0) is 11.2 Å². The zero-order chi connectivity index (χ0) is 13.2. The Hall–Kier alpha value is -2.15. The van der Waals surface area contributed by atoms with Crippen molar-refractivity contribution < 1.29 is 14.8 Å². The Bertz CT molecular complexity index is 471. The number of anilines is 1. The van der Waals surface area contributed by atoms with Crippen LogP contribution in [-0.4, -0.2) is 21.5 Å². The zero-order valence-electron chi connectivity index (χ0n) is 9.21. The molecule has 0 amide bonds. The number of hydrogen-bond acceptors (Lipinski definition) is 5. The summed E-state index contributed by atoms with van der Waals surface area (Å²) in [5.74, 6) is -1.17. The number of nitrogens with zero attached hydrogens (tertiary/aromatic N) is 1. The molecule has 0 saturated carbocycles. The molecule has 7 heteroatoms. The largest absolute Gasteiger partial charge is 0.480 e. The third-order valence-electron chi connectivity index (χ3n) is 2.35. The van der Waals surface area contributed by atoms with Crippen LogP contribution in [0.5, 0.6) is 0 Å². The van der Waals surface area contributed by atoms with Gasteiger partial charge in [0.15, 0.2) is 0 Å². The van der Waals surface area contributed by atoms with E-state index in [0.717, 1.165) is 0 Å². The van der Waals surface area contributed by atoms with Crippen molar-refractivity contribution in [3.8, 4) is 0 Å². The molecular formula is C10H13N3O4. The molecule has 92 valence electrons. The summed E-state index contributed by atoms with van der Waals surface area (Å²) in [5, 5.41) is 19.5. The van der Waals surface area contributed by atoms with Gasteiger partial charge in [0, 0.05) is 12.5 Å². The first-order valence-corrected chi connectivity index (χ1v) is 4.79. The Labute approximate surface area is 97.2 Å². The first-order chi connectivity index (χ1) is 7.74. The van der Waals surface area contributed by atoms with E-state index in [1.54, 1.807) is 0 Å². The van der Waals surface area contributed by atoms with Crippen LogP contribution in [0.3, 0.4) is 0 Å². The zero-order valence-corrected chi connectivity index (χ0v) is 9.21. The van der Waals surface area contributed by atoms with Crippen molar-refractivity contribution in [1.29, 1.82) is 0 Å². The van der Waals surface area contributed by atoms with Crippen LogP contribution in [0.2, 0.25) is 0 Å². The molecule has 0 spiro atoms. The molecule has 0 aromatic heterocycles. The second-order valence-corrected chi connectivity index (χ2v) is 4.05. The molecule has 0 bridgehead atoms. The third kappa shape index (κ3) is 2.91. The smallest absolute Gasteiger partial charge is 0.323 e. The van der Waals surface area contributed by atoms with Gasteiger partial charge in [-0.25, -0.2) is 0 Å². The molecule has 0 aliphatic rings. The molecule has 5 N–H and O–H groups in total. The summed E-state index contributed by atoms with van der Waals surface area (Å²) in [6, 6.07) is 4.13. The average molecular weight is 239 g/mol. The molecule has 1 aromatic carbocycles. The third-order valence-corrected chi connectivity index (χ3v) is 2.35. The lowest BCUT2D eigenvalue weighted by Crippen LogP contribution is -2.46. The fourth-order valence-corrected chi connectivity index (χ4v) is 1.36. The van der Waals surface area contributed by atoms with Gasteiger partial charge in [0.25, 0.3) is 5.69 Å². The first-order valence-electron chi connectivity index (χ1n) is 4.79. The summed E-state index contributed by atoms with van der Waals surface area (Å²) < 4.78 is 0. The van der Waals surface area contributed by atoms with Gasteiger partial charge in [-0.05, 0) is 18.6 Å². The topological polar surface area (TPSA) is 132 Å². The molecule has 0 aliphatic carbocycles. The van der Waals surface area contributed by atoms with Crippen LogP contribution in [0.4, 0.5) is 11.4 Å². The van der Waals surface area contributed by atoms with E-state index in [1.165, 1.54) is 25.1 Å². The second kappa shape index (κ2) is 4.38. The summed E-state index contributed by atoms with van der Waals surface area (Å²) in [5.41, 5.74) is 9.76. The lowest BCUT2D eigenvalue weighted by atomic mass is 9.94. The van der Waals surface area contributed by atoms with E-state index >= 15 is 0 Å².